The van der Waals surface area contributed by atoms with E-state index in [0.717, 1.165) is 66.4 Å². The zero-order valence-electron chi connectivity index (χ0n) is 40.1. The highest BCUT2D eigenvalue weighted by atomic mass is 16.5. The summed E-state index contributed by atoms with van der Waals surface area (Å²) in [5.41, 5.74) is 0. The molecule has 7 nitrogen and oxygen atoms in total. The van der Waals surface area contributed by atoms with Crippen molar-refractivity contribution in [2.24, 2.45) is 11.8 Å². The maximum Gasteiger partial charge on any atom is 0.128 e. The van der Waals surface area contributed by atoms with Gasteiger partial charge in [-0.1, -0.05) is 145 Å². The lowest BCUT2D eigenvalue weighted by Crippen LogP contribution is -1.85. The molecule has 0 bridgehead atoms. The van der Waals surface area contributed by atoms with E-state index in [-0.39, 0.29) is 34.5 Å². The summed E-state index contributed by atoms with van der Waals surface area (Å²) < 4.78 is 5.93. The summed E-state index contributed by atoms with van der Waals surface area (Å²) in [6, 6.07) is 42.1. The van der Waals surface area contributed by atoms with Crippen LogP contribution in [0.5, 0.6) is 46.0 Å². The minimum Gasteiger partial charge on any atom is -0.508 e. The maximum absolute atomic E-state index is 9.51. The molecule has 0 aliphatic rings. The zero-order chi connectivity index (χ0) is 48.1. The van der Waals surface area contributed by atoms with Crippen molar-refractivity contribution >= 4 is 43.1 Å². The van der Waals surface area contributed by atoms with Crippen molar-refractivity contribution < 1.29 is 35.4 Å². The Labute approximate surface area is 377 Å². The smallest absolute Gasteiger partial charge is 0.128 e. The highest BCUT2D eigenvalue weighted by molar-refractivity contribution is 5.87. The van der Waals surface area contributed by atoms with Crippen molar-refractivity contribution in [3.05, 3.63) is 146 Å². The fourth-order valence-corrected chi connectivity index (χ4v) is 5.13. The molecule has 63 heavy (non-hydrogen) atoms. The molecule has 8 rings (SSSR count). The number of phenols is 6. The van der Waals surface area contributed by atoms with Gasteiger partial charge in [-0.2, -0.15) is 0 Å². The molecule has 340 valence electrons. The molecule has 0 unspecified atom stereocenters. The lowest BCUT2D eigenvalue weighted by molar-refractivity contribution is 0.474. The van der Waals surface area contributed by atoms with Crippen LogP contribution in [0.4, 0.5) is 0 Å². The molecule has 0 aliphatic carbocycles. The monoisotopic (exact) mass is 859 g/mol. The molecule has 0 saturated heterocycles. The summed E-state index contributed by atoms with van der Waals surface area (Å²) in [5, 5.41) is 63.2. The Bertz CT molecular complexity index is 2210. The molecule has 0 spiro atoms. The highest BCUT2D eigenvalue weighted by Crippen LogP contribution is 2.31. The molecule has 0 heterocycles. The number of benzene rings is 8. The second-order valence-electron chi connectivity index (χ2n) is 14.4. The molecular formula is C56H74O7. The number of phenolic OH excluding ortho intramolecular Hbond substituents is 6. The molecule has 0 aliphatic heterocycles. The van der Waals surface area contributed by atoms with Gasteiger partial charge < -0.3 is 35.4 Å². The third-order valence-corrected chi connectivity index (χ3v) is 7.44. The first-order chi connectivity index (χ1) is 30.1. The Kier molecular flexibility index (Phi) is 28.0. The van der Waals surface area contributed by atoms with Gasteiger partial charge in [0.1, 0.15) is 46.0 Å². The first-order valence-corrected chi connectivity index (χ1v) is 22.1. The number of fused-ring (bicyclic) bond motifs is 4. The van der Waals surface area contributed by atoms with Gasteiger partial charge in [0.15, 0.2) is 0 Å². The van der Waals surface area contributed by atoms with Crippen molar-refractivity contribution in [1.29, 1.82) is 0 Å². The normalized spacial score (nSPS) is 9.46. The molecule has 0 atom stereocenters. The molecule has 7 heteroatoms. The number of rotatable bonds is 2. The molecule has 6 N–H and O–H groups in total. The lowest BCUT2D eigenvalue weighted by Gasteiger charge is -2.08. The SMILES string of the molecule is CC.CC.CC.CC.CC(C)C.CC(C)C.Oc1ccc2cc(O)ccc2c1.Oc1ccc2cc(O)ccc2c1.Oc1ccc2cc(Oc3ccc4cc(O)ccc4c3)ccc2c1. The van der Waals surface area contributed by atoms with Crippen LogP contribution in [0.1, 0.15) is 96.9 Å². The Morgan fingerprint density at radius 3 is 0.571 bits per heavy atom. The van der Waals surface area contributed by atoms with E-state index in [4.69, 9.17) is 25.2 Å². The Hall–Kier alpha value is -6.60. The van der Waals surface area contributed by atoms with Gasteiger partial charge in [0.05, 0.1) is 0 Å². The average molecular weight is 859 g/mol. The second kappa shape index (κ2) is 31.3. The Morgan fingerprint density at radius 2 is 0.397 bits per heavy atom. The largest absolute Gasteiger partial charge is 0.508 e. The molecule has 0 aromatic heterocycles. The Morgan fingerprint density at radius 1 is 0.254 bits per heavy atom. The van der Waals surface area contributed by atoms with Gasteiger partial charge in [0.25, 0.3) is 0 Å². The van der Waals surface area contributed by atoms with E-state index < -0.39 is 0 Å². The average Bonchev–Trinajstić information content (AvgIpc) is 3.27. The predicted octanol–water partition coefficient (Wildman–Crippen LogP) is 17.1. The van der Waals surface area contributed by atoms with E-state index in [1.165, 1.54) is 0 Å². The summed E-state index contributed by atoms with van der Waals surface area (Å²) in [6.45, 7) is 29.0. The van der Waals surface area contributed by atoms with Crippen molar-refractivity contribution in [2.45, 2.75) is 96.9 Å². The molecule has 8 aromatic carbocycles. The summed E-state index contributed by atoms with van der Waals surface area (Å²) in [7, 11) is 0. The molecule has 0 amide bonds. The molecule has 0 radical (unpaired) electrons. The third kappa shape index (κ3) is 21.7. The summed E-state index contributed by atoms with van der Waals surface area (Å²) in [6.07, 6.45) is 0. The first-order valence-electron chi connectivity index (χ1n) is 22.1. The van der Waals surface area contributed by atoms with Crippen LogP contribution in [0, 0.1) is 11.8 Å². The van der Waals surface area contributed by atoms with Gasteiger partial charge in [0.2, 0.25) is 0 Å². The standard InChI is InChI=1S/C20H14O3.2C10H8O2.2C4H10.4C2H6/c21-17-5-1-15-11-19(7-3-13(15)9-17)23-20-8-4-14-10-18(22)6-2-16(14)12-20;2*11-9-3-1-7-5-10(12)4-2-8(7)6-9;2*1-4(2)3;4*1-2/h1-12,21-22H;2*1-6,11-12H;2*4H,1-3H3;4*1-2H3. The van der Waals surface area contributed by atoms with Crippen LogP contribution in [0.2, 0.25) is 0 Å². The second-order valence-corrected chi connectivity index (χ2v) is 14.4. The van der Waals surface area contributed by atoms with E-state index >= 15 is 0 Å². The quantitative estimate of drug-likeness (QED) is 0.102. The van der Waals surface area contributed by atoms with Crippen molar-refractivity contribution in [1.82, 2.24) is 0 Å². The van der Waals surface area contributed by atoms with Gasteiger partial charge in [-0.05, 0) is 152 Å². The molecule has 0 fully saturated rings. The van der Waals surface area contributed by atoms with Crippen LogP contribution in [-0.4, -0.2) is 30.6 Å². The van der Waals surface area contributed by atoms with Crippen molar-refractivity contribution in [3.8, 4) is 46.0 Å². The van der Waals surface area contributed by atoms with Crippen LogP contribution >= 0.6 is 0 Å². The number of hydrogen-bond donors (Lipinski definition) is 6. The van der Waals surface area contributed by atoms with Gasteiger partial charge in [-0.15, -0.1) is 0 Å². The third-order valence-electron chi connectivity index (χ3n) is 7.44. The van der Waals surface area contributed by atoms with Crippen molar-refractivity contribution in [2.75, 3.05) is 0 Å². The Balaban J connectivity index is 0.000000823. The predicted molar refractivity (Wildman–Crippen MR) is 272 cm³/mol. The molecule has 0 saturated carbocycles. The van der Waals surface area contributed by atoms with Crippen LogP contribution in [-0.2, 0) is 0 Å². The molecular weight excluding hydrogens is 785 g/mol. The number of aromatic hydroxyl groups is 6. The van der Waals surface area contributed by atoms with E-state index in [1.807, 2.05) is 104 Å². The zero-order valence-corrected chi connectivity index (χ0v) is 40.1. The van der Waals surface area contributed by atoms with E-state index in [1.54, 1.807) is 97.1 Å². The lowest BCUT2D eigenvalue weighted by atomic mass is 10.1. The van der Waals surface area contributed by atoms with Crippen LogP contribution in [0.3, 0.4) is 0 Å². The fraction of sp³-hybridized carbons (Fsp3) is 0.286. The van der Waals surface area contributed by atoms with E-state index in [9.17, 15) is 10.2 Å². The van der Waals surface area contributed by atoms with Gasteiger partial charge in [-0.3, -0.25) is 0 Å². The van der Waals surface area contributed by atoms with Crippen LogP contribution < -0.4 is 4.74 Å². The fourth-order valence-electron chi connectivity index (χ4n) is 5.13. The topological polar surface area (TPSA) is 131 Å². The van der Waals surface area contributed by atoms with E-state index in [2.05, 4.69) is 41.5 Å². The first kappa shape index (κ1) is 56.4. The summed E-state index contributed by atoms with van der Waals surface area (Å²) >= 11 is 0. The van der Waals surface area contributed by atoms with Gasteiger partial charge in [0, 0.05) is 0 Å². The van der Waals surface area contributed by atoms with Crippen LogP contribution in [0.15, 0.2) is 146 Å². The van der Waals surface area contributed by atoms with Crippen LogP contribution in [0.25, 0.3) is 43.1 Å². The molecule has 8 aromatic rings. The van der Waals surface area contributed by atoms with Crippen molar-refractivity contribution in [3.63, 3.8) is 0 Å². The number of ether oxygens (including phenoxy) is 1. The van der Waals surface area contributed by atoms with Gasteiger partial charge in [-0.25, -0.2) is 0 Å². The highest BCUT2D eigenvalue weighted by Gasteiger charge is 2.03. The van der Waals surface area contributed by atoms with Gasteiger partial charge >= 0.3 is 0 Å². The summed E-state index contributed by atoms with van der Waals surface area (Å²) in [5.74, 6) is 4.62. The maximum atomic E-state index is 9.51. The minimum atomic E-state index is 0.244. The summed E-state index contributed by atoms with van der Waals surface area (Å²) in [4.78, 5) is 0. The van der Waals surface area contributed by atoms with E-state index in [0.29, 0.717) is 0 Å². The minimum absolute atomic E-state index is 0.244. The number of hydrogen-bond acceptors (Lipinski definition) is 7.